The molecule has 0 bridgehead atoms. The topological polar surface area (TPSA) is 42.3 Å². The smallest absolute Gasteiger partial charge is 0.161 e. The van der Waals surface area contributed by atoms with Crippen LogP contribution < -0.4 is 10.1 Å². The molecule has 0 fully saturated rings. The minimum Gasteiger partial charge on any atom is -0.493 e. The lowest BCUT2D eigenvalue weighted by atomic mass is 10.2. The third-order valence-corrected chi connectivity index (χ3v) is 4.50. The van der Waals surface area contributed by atoms with E-state index in [1.807, 2.05) is 18.0 Å². The van der Waals surface area contributed by atoms with Gasteiger partial charge in [-0.25, -0.2) is 0 Å². The van der Waals surface area contributed by atoms with Gasteiger partial charge in [-0.15, -0.1) is 0 Å². The molecule has 1 atom stereocenters. The molecule has 1 unspecified atom stereocenters. The number of likely N-dealkylation sites (N-methyl/N-ethyl adjacent to an activating group) is 1. The van der Waals surface area contributed by atoms with Crippen LogP contribution in [0.15, 0.2) is 6.20 Å². The molecular formula is C15H30N4OS. The van der Waals surface area contributed by atoms with Gasteiger partial charge in [-0.2, -0.15) is 16.9 Å². The van der Waals surface area contributed by atoms with Crippen LogP contribution in [0.1, 0.15) is 32.0 Å². The van der Waals surface area contributed by atoms with Crippen molar-refractivity contribution >= 4 is 11.8 Å². The maximum Gasteiger partial charge on any atom is 0.161 e. The summed E-state index contributed by atoms with van der Waals surface area (Å²) >= 11 is 1.98. The average Bonchev–Trinajstić information content (AvgIpc) is 2.87. The van der Waals surface area contributed by atoms with Gasteiger partial charge in [-0.05, 0) is 32.8 Å². The van der Waals surface area contributed by atoms with Gasteiger partial charge in [0.15, 0.2) is 5.75 Å². The van der Waals surface area contributed by atoms with E-state index in [1.54, 1.807) is 7.11 Å². The number of rotatable bonds is 11. The van der Waals surface area contributed by atoms with E-state index in [0.717, 1.165) is 31.1 Å². The minimum absolute atomic E-state index is 0.283. The van der Waals surface area contributed by atoms with E-state index >= 15 is 0 Å². The van der Waals surface area contributed by atoms with Crippen LogP contribution in [0, 0.1) is 0 Å². The van der Waals surface area contributed by atoms with E-state index in [9.17, 15) is 0 Å². The molecule has 1 aromatic rings. The SMILES string of the molecule is CCCSCC(NCC)c1c(OC)cnn1CCN(C)C. The molecule has 1 heterocycles. The van der Waals surface area contributed by atoms with E-state index in [0.29, 0.717) is 0 Å². The second kappa shape index (κ2) is 10.1. The van der Waals surface area contributed by atoms with Crippen LogP contribution in [0.2, 0.25) is 0 Å². The maximum atomic E-state index is 5.52. The summed E-state index contributed by atoms with van der Waals surface area (Å²) in [5.41, 5.74) is 1.17. The highest BCUT2D eigenvalue weighted by atomic mass is 32.2. The molecule has 0 aliphatic rings. The molecule has 0 spiro atoms. The number of nitrogens with one attached hydrogen (secondary N) is 1. The number of thioether (sulfide) groups is 1. The Morgan fingerprint density at radius 1 is 1.43 bits per heavy atom. The number of aromatic nitrogens is 2. The summed E-state index contributed by atoms with van der Waals surface area (Å²) in [6, 6.07) is 0.283. The maximum absolute atomic E-state index is 5.52. The Hall–Kier alpha value is -0.720. The highest BCUT2D eigenvalue weighted by Gasteiger charge is 2.21. The van der Waals surface area contributed by atoms with Gasteiger partial charge < -0.3 is 15.0 Å². The fourth-order valence-electron chi connectivity index (χ4n) is 2.19. The molecule has 5 nitrogen and oxygen atoms in total. The standard InChI is InChI=1S/C15H30N4OS/c1-6-10-21-12-13(16-7-2)15-14(20-5)11-17-19(15)9-8-18(3)4/h11,13,16H,6-10,12H2,1-5H3. The fraction of sp³-hybridized carbons (Fsp3) is 0.800. The number of hydrogen-bond acceptors (Lipinski definition) is 5. The van der Waals surface area contributed by atoms with Crippen molar-refractivity contribution in [2.75, 3.05) is 45.8 Å². The minimum atomic E-state index is 0.283. The van der Waals surface area contributed by atoms with Crippen molar-refractivity contribution in [1.82, 2.24) is 20.0 Å². The first kappa shape index (κ1) is 18.3. The Morgan fingerprint density at radius 2 is 2.19 bits per heavy atom. The van der Waals surface area contributed by atoms with Gasteiger partial charge in [-0.3, -0.25) is 4.68 Å². The molecule has 0 aromatic carbocycles. The van der Waals surface area contributed by atoms with Crippen LogP contribution in [-0.4, -0.2) is 60.5 Å². The Kier molecular flexibility index (Phi) is 8.80. The summed E-state index contributed by atoms with van der Waals surface area (Å²) in [4.78, 5) is 2.17. The van der Waals surface area contributed by atoms with E-state index < -0.39 is 0 Å². The van der Waals surface area contributed by atoms with Crippen LogP contribution in [-0.2, 0) is 6.54 Å². The van der Waals surface area contributed by atoms with E-state index in [2.05, 4.69) is 47.9 Å². The van der Waals surface area contributed by atoms with Gasteiger partial charge in [0, 0.05) is 12.3 Å². The molecule has 1 aromatic heterocycles. The zero-order chi connectivity index (χ0) is 15.7. The molecule has 0 amide bonds. The lowest BCUT2D eigenvalue weighted by Crippen LogP contribution is -2.28. The molecule has 21 heavy (non-hydrogen) atoms. The molecule has 1 N–H and O–H groups in total. The van der Waals surface area contributed by atoms with Crippen LogP contribution in [0.4, 0.5) is 0 Å². The summed E-state index contributed by atoms with van der Waals surface area (Å²) in [5.74, 6) is 3.12. The summed E-state index contributed by atoms with van der Waals surface area (Å²) < 4.78 is 7.60. The molecule has 0 aliphatic carbocycles. The molecule has 0 aliphatic heterocycles. The fourth-order valence-corrected chi connectivity index (χ4v) is 3.15. The first-order valence-corrected chi connectivity index (χ1v) is 8.85. The summed E-state index contributed by atoms with van der Waals surface area (Å²) in [7, 11) is 5.89. The molecule has 122 valence electrons. The molecule has 0 radical (unpaired) electrons. The Morgan fingerprint density at radius 3 is 2.76 bits per heavy atom. The van der Waals surface area contributed by atoms with Crippen molar-refractivity contribution in [1.29, 1.82) is 0 Å². The zero-order valence-electron chi connectivity index (χ0n) is 14.1. The van der Waals surface area contributed by atoms with Gasteiger partial charge in [0.05, 0.1) is 31.6 Å². The first-order valence-electron chi connectivity index (χ1n) is 7.69. The summed E-state index contributed by atoms with van der Waals surface area (Å²) in [6.07, 6.45) is 3.04. The summed E-state index contributed by atoms with van der Waals surface area (Å²) in [6.45, 7) is 7.16. The van der Waals surface area contributed by atoms with Crippen LogP contribution in [0.3, 0.4) is 0 Å². The van der Waals surface area contributed by atoms with E-state index in [-0.39, 0.29) is 6.04 Å². The zero-order valence-corrected chi connectivity index (χ0v) is 14.9. The Labute approximate surface area is 133 Å². The predicted molar refractivity (Wildman–Crippen MR) is 91.4 cm³/mol. The van der Waals surface area contributed by atoms with Crippen molar-refractivity contribution in [3.8, 4) is 5.75 Å². The second-order valence-corrected chi connectivity index (χ2v) is 6.46. The van der Waals surface area contributed by atoms with Gasteiger partial charge >= 0.3 is 0 Å². The lowest BCUT2D eigenvalue weighted by Gasteiger charge is -2.21. The number of methoxy groups -OCH3 is 1. The normalized spacial score (nSPS) is 12.9. The third kappa shape index (κ3) is 5.88. The highest BCUT2D eigenvalue weighted by molar-refractivity contribution is 7.99. The van der Waals surface area contributed by atoms with E-state index in [1.165, 1.54) is 17.9 Å². The largest absolute Gasteiger partial charge is 0.493 e. The van der Waals surface area contributed by atoms with Crippen LogP contribution in [0.25, 0.3) is 0 Å². The number of hydrogen-bond donors (Lipinski definition) is 1. The van der Waals surface area contributed by atoms with Crippen molar-refractivity contribution in [3.63, 3.8) is 0 Å². The van der Waals surface area contributed by atoms with Gasteiger partial charge in [-0.1, -0.05) is 13.8 Å². The first-order chi connectivity index (χ1) is 10.1. The number of ether oxygens (including phenoxy) is 1. The molecule has 1 rings (SSSR count). The van der Waals surface area contributed by atoms with Crippen molar-refractivity contribution in [3.05, 3.63) is 11.9 Å². The number of nitrogens with zero attached hydrogens (tertiary/aromatic N) is 3. The van der Waals surface area contributed by atoms with Gasteiger partial charge in [0.2, 0.25) is 0 Å². The molecule has 0 saturated carbocycles. The van der Waals surface area contributed by atoms with Gasteiger partial charge in [0.1, 0.15) is 0 Å². The highest BCUT2D eigenvalue weighted by Crippen LogP contribution is 2.27. The average molecular weight is 314 g/mol. The predicted octanol–water partition coefficient (Wildman–Crippen LogP) is 2.25. The molecule has 6 heteroatoms. The van der Waals surface area contributed by atoms with Crippen LogP contribution >= 0.6 is 11.8 Å². The summed E-state index contributed by atoms with van der Waals surface area (Å²) in [5, 5.41) is 8.08. The molecule has 0 saturated heterocycles. The van der Waals surface area contributed by atoms with E-state index in [4.69, 9.17) is 4.74 Å². The molecular weight excluding hydrogens is 284 g/mol. The van der Waals surface area contributed by atoms with Crippen molar-refractivity contribution in [2.24, 2.45) is 0 Å². The van der Waals surface area contributed by atoms with Crippen molar-refractivity contribution < 1.29 is 4.74 Å². The second-order valence-electron chi connectivity index (χ2n) is 5.31. The quantitative estimate of drug-likeness (QED) is 0.635. The van der Waals surface area contributed by atoms with Crippen molar-refractivity contribution in [2.45, 2.75) is 32.9 Å². The third-order valence-electron chi connectivity index (χ3n) is 3.24. The lowest BCUT2D eigenvalue weighted by molar-refractivity contribution is 0.358. The monoisotopic (exact) mass is 314 g/mol. The van der Waals surface area contributed by atoms with Crippen LogP contribution in [0.5, 0.6) is 5.75 Å². The Balaban J connectivity index is 2.88. The Bertz CT molecular complexity index is 395. The van der Waals surface area contributed by atoms with Gasteiger partial charge in [0.25, 0.3) is 0 Å².